The summed E-state index contributed by atoms with van der Waals surface area (Å²) in [7, 11) is 0. The van der Waals surface area contributed by atoms with Gasteiger partial charge in [-0.15, -0.1) is 0 Å². The van der Waals surface area contributed by atoms with Gasteiger partial charge in [0.25, 0.3) is 0 Å². The van der Waals surface area contributed by atoms with Gasteiger partial charge in [0, 0.05) is 40.5 Å². The number of benzene rings is 5. The molecule has 0 atom stereocenters. The lowest BCUT2D eigenvalue weighted by Crippen LogP contribution is -1.94. The standard InChI is InChI=1S/C39H25N3/c1-3-9-27(10-4-1)36-32-19-16-29-13-8-22-41-39(29)38(32)37(28-11-5-2-6-12-28)31-18-17-30(25-33(31)36)35-15-7-14-34(42-35)26-20-23-40-24-21-26/h1-25H. The maximum atomic E-state index is 5.07. The summed E-state index contributed by atoms with van der Waals surface area (Å²) in [6.45, 7) is 0. The molecule has 0 saturated heterocycles. The Bertz CT molecular complexity index is 2230. The fourth-order valence-electron chi connectivity index (χ4n) is 6.11. The van der Waals surface area contributed by atoms with Crippen molar-refractivity contribution in [2.24, 2.45) is 0 Å². The summed E-state index contributed by atoms with van der Waals surface area (Å²) < 4.78 is 0. The van der Waals surface area contributed by atoms with Gasteiger partial charge in [-0.3, -0.25) is 9.97 Å². The van der Waals surface area contributed by atoms with Gasteiger partial charge in [-0.1, -0.05) is 97.1 Å². The highest BCUT2D eigenvalue weighted by Gasteiger charge is 2.20. The van der Waals surface area contributed by atoms with Gasteiger partial charge < -0.3 is 0 Å². The van der Waals surface area contributed by atoms with E-state index in [0.29, 0.717) is 0 Å². The fraction of sp³-hybridized carbons (Fsp3) is 0. The van der Waals surface area contributed by atoms with E-state index in [1.54, 1.807) is 12.4 Å². The van der Waals surface area contributed by atoms with Crippen LogP contribution in [0.15, 0.2) is 152 Å². The predicted molar refractivity (Wildman–Crippen MR) is 174 cm³/mol. The molecular weight excluding hydrogens is 510 g/mol. The molecule has 0 unspecified atom stereocenters. The normalized spacial score (nSPS) is 11.3. The van der Waals surface area contributed by atoms with Gasteiger partial charge in [0.05, 0.1) is 16.9 Å². The van der Waals surface area contributed by atoms with Crippen LogP contribution in [-0.2, 0) is 0 Å². The van der Waals surface area contributed by atoms with Crippen LogP contribution in [0.5, 0.6) is 0 Å². The zero-order valence-electron chi connectivity index (χ0n) is 22.8. The average Bonchev–Trinajstić information content (AvgIpc) is 3.08. The van der Waals surface area contributed by atoms with E-state index >= 15 is 0 Å². The molecule has 8 aromatic rings. The number of hydrogen-bond acceptors (Lipinski definition) is 3. The Kier molecular flexibility index (Phi) is 5.79. The van der Waals surface area contributed by atoms with Crippen LogP contribution < -0.4 is 0 Å². The Balaban J connectivity index is 1.50. The average molecular weight is 536 g/mol. The van der Waals surface area contributed by atoms with Crippen molar-refractivity contribution < 1.29 is 0 Å². The molecule has 42 heavy (non-hydrogen) atoms. The molecule has 0 aliphatic carbocycles. The third-order valence-corrected chi connectivity index (χ3v) is 8.00. The number of pyridine rings is 3. The van der Waals surface area contributed by atoms with Crippen LogP contribution in [0.25, 0.3) is 77.2 Å². The van der Waals surface area contributed by atoms with Gasteiger partial charge in [-0.25, -0.2) is 4.98 Å². The molecule has 8 rings (SSSR count). The van der Waals surface area contributed by atoms with E-state index < -0.39 is 0 Å². The van der Waals surface area contributed by atoms with Crippen LogP contribution >= 0.6 is 0 Å². The van der Waals surface area contributed by atoms with Crippen molar-refractivity contribution in [1.82, 2.24) is 15.0 Å². The van der Waals surface area contributed by atoms with Crippen LogP contribution in [-0.4, -0.2) is 15.0 Å². The third kappa shape index (κ3) is 4.03. The molecule has 0 bridgehead atoms. The lowest BCUT2D eigenvalue weighted by Gasteiger charge is -2.19. The van der Waals surface area contributed by atoms with E-state index in [1.807, 2.05) is 24.4 Å². The molecule has 0 amide bonds. The third-order valence-electron chi connectivity index (χ3n) is 8.00. The van der Waals surface area contributed by atoms with E-state index in [-0.39, 0.29) is 0 Å². The van der Waals surface area contributed by atoms with Crippen molar-refractivity contribution >= 4 is 32.4 Å². The van der Waals surface area contributed by atoms with Crippen molar-refractivity contribution in [2.45, 2.75) is 0 Å². The number of rotatable bonds is 4. The first kappa shape index (κ1) is 24.2. The first-order valence-corrected chi connectivity index (χ1v) is 14.1. The molecule has 0 saturated carbocycles. The van der Waals surface area contributed by atoms with Crippen LogP contribution in [0.2, 0.25) is 0 Å². The van der Waals surface area contributed by atoms with Crippen molar-refractivity contribution in [1.29, 1.82) is 0 Å². The quantitative estimate of drug-likeness (QED) is 0.166. The van der Waals surface area contributed by atoms with Gasteiger partial charge in [0.2, 0.25) is 0 Å². The molecule has 0 aliphatic rings. The summed E-state index contributed by atoms with van der Waals surface area (Å²) >= 11 is 0. The largest absolute Gasteiger partial charge is 0.265 e. The van der Waals surface area contributed by atoms with E-state index in [4.69, 9.17) is 9.97 Å². The molecule has 0 spiro atoms. The van der Waals surface area contributed by atoms with Crippen LogP contribution in [0, 0.1) is 0 Å². The van der Waals surface area contributed by atoms with Gasteiger partial charge in [-0.2, -0.15) is 0 Å². The van der Waals surface area contributed by atoms with E-state index in [0.717, 1.165) is 33.4 Å². The van der Waals surface area contributed by atoms with Gasteiger partial charge in [0.1, 0.15) is 0 Å². The smallest absolute Gasteiger partial charge is 0.0786 e. The SMILES string of the molecule is c1ccc(-c2c3cc(-c4cccc(-c5ccncc5)n4)ccc3c(-c3ccccc3)c3c2ccc2cccnc23)cc1. The van der Waals surface area contributed by atoms with Crippen molar-refractivity contribution in [2.75, 3.05) is 0 Å². The highest BCUT2D eigenvalue weighted by atomic mass is 14.7. The number of aromatic nitrogens is 3. The Hall–Kier alpha value is -5.67. The molecule has 0 aliphatic heterocycles. The highest BCUT2D eigenvalue weighted by Crippen LogP contribution is 2.46. The zero-order valence-corrected chi connectivity index (χ0v) is 22.8. The van der Waals surface area contributed by atoms with Crippen LogP contribution in [0.1, 0.15) is 0 Å². The predicted octanol–water partition coefficient (Wildman–Crippen LogP) is 10.00. The van der Waals surface area contributed by atoms with Crippen molar-refractivity contribution in [3.63, 3.8) is 0 Å². The van der Waals surface area contributed by atoms with E-state index in [2.05, 4.69) is 120 Å². The van der Waals surface area contributed by atoms with E-state index in [9.17, 15) is 0 Å². The summed E-state index contributed by atoms with van der Waals surface area (Å²) in [6.07, 6.45) is 5.51. The number of hydrogen-bond donors (Lipinski definition) is 0. The summed E-state index contributed by atoms with van der Waals surface area (Å²) in [5, 5.41) is 5.89. The topological polar surface area (TPSA) is 38.7 Å². The second-order valence-electron chi connectivity index (χ2n) is 10.4. The molecule has 0 radical (unpaired) electrons. The summed E-state index contributed by atoms with van der Waals surface area (Å²) in [6, 6.07) is 47.0. The van der Waals surface area contributed by atoms with Gasteiger partial charge in [-0.05, 0) is 74.8 Å². The first-order valence-electron chi connectivity index (χ1n) is 14.1. The van der Waals surface area contributed by atoms with Crippen LogP contribution in [0.3, 0.4) is 0 Å². The fourth-order valence-corrected chi connectivity index (χ4v) is 6.11. The molecule has 0 N–H and O–H groups in total. The highest BCUT2D eigenvalue weighted by molar-refractivity contribution is 6.27. The second-order valence-corrected chi connectivity index (χ2v) is 10.4. The molecular formula is C39H25N3. The summed E-state index contributed by atoms with van der Waals surface area (Å²) in [4.78, 5) is 14.2. The minimum absolute atomic E-state index is 0.930. The second kappa shape index (κ2) is 10.1. The monoisotopic (exact) mass is 535 g/mol. The summed E-state index contributed by atoms with van der Waals surface area (Å²) in [5.41, 5.74) is 9.78. The Morgan fingerprint density at radius 1 is 0.405 bits per heavy atom. The molecule has 3 nitrogen and oxygen atoms in total. The molecule has 3 heteroatoms. The van der Waals surface area contributed by atoms with Gasteiger partial charge in [0.15, 0.2) is 0 Å². The van der Waals surface area contributed by atoms with E-state index in [1.165, 1.54) is 43.8 Å². The lowest BCUT2D eigenvalue weighted by molar-refractivity contribution is 1.29. The first-order chi connectivity index (χ1) is 20.8. The molecule has 5 aromatic carbocycles. The minimum atomic E-state index is 0.930. The molecule has 0 fully saturated rings. The molecule has 3 aromatic heterocycles. The molecule has 196 valence electrons. The van der Waals surface area contributed by atoms with Crippen molar-refractivity contribution in [3.8, 4) is 44.8 Å². The van der Waals surface area contributed by atoms with Crippen molar-refractivity contribution in [3.05, 3.63) is 152 Å². The molecule has 3 heterocycles. The number of nitrogens with zero attached hydrogens (tertiary/aromatic N) is 3. The maximum absolute atomic E-state index is 5.07. The Labute approximate surface area is 243 Å². The zero-order chi connectivity index (χ0) is 27.9. The lowest BCUT2D eigenvalue weighted by atomic mass is 9.84. The summed E-state index contributed by atoms with van der Waals surface area (Å²) in [5.74, 6) is 0. The Morgan fingerprint density at radius 2 is 1.10 bits per heavy atom. The Morgan fingerprint density at radius 3 is 1.86 bits per heavy atom. The minimum Gasteiger partial charge on any atom is -0.265 e. The maximum Gasteiger partial charge on any atom is 0.0786 e. The van der Waals surface area contributed by atoms with Gasteiger partial charge >= 0.3 is 0 Å². The number of fused-ring (bicyclic) bond motifs is 4. The van der Waals surface area contributed by atoms with Crippen LogP contribution in [0.4, 0.5) is 0 Å².